The van der Waals surface area contributed by atoms with Crippen LogP contribution >= 0.6 is 0 Å². The molecule has 0 bridgehead atoms. The van der Waals surface area contributed by atoms with Crippen LogP contribution in [0.2, 0.25) is 0 Å². The van der Waals surface area contributed by atoms with Gasteiger partial charge in [0.1, 0.15) is 5.58 Å². The molecule has 0 atom stereocenters. The molecule has 0 aliphatic heterocycles. The van der Waals surface area contributed by atoms with Crippen LogP contribution in [0.15, 0.2) is 41.1 Å². The lowest BCUT2D eigenvalue weighted by Crippen LogP contribution is -1.89. The Labute approximate surface area is 81.7 Å². The number of hydrogen-bond donors (Lipinski definition) is 0. The van der Waals surface area contributed by atoms with Gasteiger partial charge in [0.25, 0.3) is 0 Å². The summed E-state index contributed by atoms with van der Waals surface area (Å²) in [5, 5.41) is 2.42. The van der Waals surface area contributed by atoms with Gasteiger partial charge in [-0.3, -0.25) is 0 Å². The second kappa shape index (κ2) is 2.64. The number of hydrogen-bond acceptors (Lipinski definition) is 1. The van der Waals surface area contributed by atoms with Crippen molar-refractivity contribution in [1.82, 2.24) is 4.57 Å². The van der Waals surface area contributed by atoms with Crippen molar-refractivity contribution in [2.24, 2.45) is 0 Å². The zero-order valence-electron chi connectivity index (χ0n) is 8.03. The number of rotatable bonds is 1. The minimum absolute atomic E-state index is 0.964. The summed E-state index contributed by atoms with van der Waals surface area (Å²) in [6.45, 7) is 3.16. The van der Waals surface area contributed by atoms with E-state index in [0.717, 1.165) is 12.1 Å². The van der Waals surface area contributed by atoms with Gasteiger partial charge in [0.15, 0.2) is 0 Å². The Morgan fingerprint density at radius 1 is 1.21 bits per heavy atom. The number of aromatic nitrogens is 1. The lowest BCUT2D eigenvalue weighted by atomic mass is 10.2. The van der Waals surface area contributed by atoms with Gasteiger partial charge in [-0.05, 0) is 31.2 Å². The van der Waals surface area contributed by atoms with E-state index in [4.69, 9.17) is 4.42 Å². The molecule has 0 aliphatic carbocycles. The lowest BCUT2D eigenvalue weighted by molar-refractivity contribution is 0.616. The first-order valence-corrected chi connectivity index (χ1v) is 4.84. The average molecular weight is 185 g/mol. The molecular weight excluding hydrogens is 174 g/mol. The van der Waals surface area contributed by atoms with E-state index in [1.807, 2.05) is 6.07 Å². The van der Waals surface area contributed by atoms with Gasteiger partial charge in [-0.2, -0.15) is 0 Å². The van der Waals surface area contributed by atoms with Crippen LogP contribution in [0.4, 0.5) is 0 Å². The number of furan rings is 1. The number of benzene rings is 1. The molecule has 0 saturated carbocycles. The predicted molar refractivity (Wildman–Crippen MR) is 57.4 cm³/mol. The highest BCUT2D eigenvalue weighted by Gasteiger charge is 2.03. The van der Waals surface area contributed by atoms with Crippen LogP contribution < -0.4 is 0 Å². The SMILES string of the molecule is CCn1ccc2cc3occc3cc21. The van der Waals surface area contributed by atoms with Crippen LogP contribution in [-0.4, -0.2) is 4.57 Å². The lowest BCUT2D eigenvalue weighted by Gasteiger charge is -1.99. The van der Waals surface area contributed by atoms with Crippen LogP contribution in [0.3, 0.4) is 0 Å². The largest absolute Gasteiger partial charge is 0.464 e. The van der Waals surface area contributed by atoms with Crippen LogP contribution in [0.5, 0.6) is 0 Å². The van der Waals surface area contributed by atoms with Crippen LogP contribution in [0.25, 0.3) is 21.9 Å². The molecule has 0 saturated heterocycles. The van der Waals surface area contributed by atoms with Gasteiger partial charge >= 0.3 is 0 Å². The standard InChI is InChI=1S/C12H11NO/c1-2-13-5-3-9-8-12-10(4-6-14-12)7-11(9)13/h3-8H,2H2,1H3. The summed E-state index contributed by atoms with van der Waals surface area (Å²) in [6, 6.07) is 8.40. The highest BCUT2D eigenvalue weighted by molar-refractivity contribution is 5.94. The third-order valence-corrected chi connectivity index (χ3v) is 2.69. The fourth-order valence-electron chi connectivity index (χ4n) is 1.92. The van der Waals surface area contributed by atoms with Crippen molar-refractivity contribution >= 4 is 21.9 Å². The van der Waals surface area contributed by atoms with Crippen molar-refractivity contribution < 1.29 is 4.42 Å². The van der Waals surface area contributed by atoms with E-state index in [1.54, 1.807) is 6.26 Å². The van der Waals surface area contributed by atoms with Gasteiger partial charge in [0.05, 0.1) is 6.26 Å². The third kappa shape index (κ3) is 0.909. The van der Waals surface area contributed by atoms with E-state index in [0.29, 0.717) is 0 Å². The summed E-state index contributed by atoms with van der Waals surface area (Å²) >= 11 is 0. The zero-order chi connectivity index (χ0) is 9.54. The minimum Gasteiger partial charge on any atom is -0.464 e. The molecule has 0 radical (unpaired) electrons. The number of fused-ring (bicyclic) bond motifs is 2. The smallest absolute Gasteiger partial charge is 0.134 e. The molecule has 0 aliphatic rings. The Kier molecular flexibility index (Phi) is 1.45. The van der Waals surface area contributed by atoms with Crippen LogP contribution in [0, 0.1) is 0 Å². The molecule has 14 heavy (non-hydrogen) atoms. The second-order valence-electron chi connectivity index (χ2n) is 3.47. The third-order valence-electron chi connectivity index (χ3n) is 2.69. The molecule has 0 N–H and O–H groups in total. The first-order chi connectivity index (χ1) is 6.88. The maximum atomic E-state index is 5.36. The highest BCUT2D eigenvalue weighted by Crippen LogP contribution is 2.24. The van der Waals surface area contributed by atoms with Crippen molar-refractivity contribution in [2.75, 3.05) is 0 Å². The Morgan fingerprint density at radius 3 is 3.00 bits per heavy atom. The van der Waals surface area contributed by atoms with Crippen LogP contribution in [-0.2, 0) is 6.54 Å². The van der Waals surface area contributed by atoms with Crippen molar-refractivity contribution in [3.63, 3.8) is 0 Å². The Bertz CT molecular complexity index is 588. The molecule has 3 aromatic rings. The minimum atomic E-state index is 0.964. The van der Waals surface area contributed by atoms with E-state index in [-0.39, 0.29) is 0 Å². The van der Waals surface area contributed by atoms with Crippen molar-refractivity contribution in [3.8, 4) is 0 Å². The molecule has 70 valence electrons. The van der Waals surface area contributed by atoms with E-state index in [1.165, 1.54) is 16.3 Å². The Morgan fingerprint density at radius 2 is 2.14 bits per heavy atom. The fraction of sp³-hybridized carbons (Fsp3) is 0.167. The Balaban J connectivity index is 2.47. The summed E-state index contributed by atoms with van der Waals surface area (Å²) in [6.07, 6.45) is 3.85. The molecule has 0 amide bonds. The molecule has 2 heteroatoms. The molecule has 1 aromatic carbocycles. The highest BCUT2D eigenvalue weighted by atomic mass is 16.3. The summed E-state index contributed by atoms with van der Waals surface area (Å²) in [4.78, 5) is 0. The first-order valence-electron chi connectivity index (χ1n) is 4.84. The maximum absolute atomic E-state index is 5.36. The molecule has 0 fully saturated rings. The maximum Gasteiger partial charge on any atom is 0.134 e. The topological polar surface area (TPSA) is 18.1 Å². The van der Waals surface area contributed by atoms with Gasteiger partial charge in [0, 0.05) is 29.0 Å². The van der Waals surface area contributed by atoms with Crippen LogP contribution in [0.1, 0.15) is 6.92 Å². The quantitative estimate of drug-likeness (QED) is 0.568. The van der Waals surface area contributed by atoms with E-state index < -0.39 is 0 Å². The van der Waals surface area contributed by atoms with Gasteiger partial charge in [-0.25, -0.2) is 0 Å². The second-order valence-corrected chi connectivity index (χ2v) is 3.47. The molecule has 2 heterocycles. The summed E-state index contributed by atoms with van der Waals surface area (Å²) in [5.74, 6) is 0. The van der Waals surface area contributed by atoms with Gasteiger partial charge < -0.3 is 8.98 Å². The van der Waals surface area contributed by atoms with E-state index in [2.05, 4.69) is 35.9 Å². The molecule has 0 spiro atoms. The molecular formula is C12H11NO. The van der Waals surface area contributed by atoms with Gasteiger partial charge in [-0.1, -0.05) is 0 Å². The number of aryl methyl sites for hydroxylation is 1. The Hall–Kier alpha value is -1.70. The average Bonchev–Trinajstić information content (AvgIpc) is 2.78. The zero-order valence-corrected chi connectivity index (χ0v) is 8.03. The van der Waals surface area contributed by atoms with E-state index >= 15 is 0 Å². The normalized spacial score (nSPS) is 11.5. The first kappa shape index (κ1) is 7.68. The summed E-state index contributed by atoms with van der Waals surface area (Å²) < 4.78 is 7.60. The van der Waals surface area contributed by atoms with Crippen molar-refractivity contribution in [3.05, 3.63) is 36.7 Å². The number of nitrogens with zero attached hydrogens (tertiary/aromatic N) is 1. The van der Waals surface area contributed by atoms with Gasteiger partial charge in [0.2, 0.25) is 0 Å². The van der Waals surface area contributed by atoms with E-state index in [9.17, 15) is 0 Å². The molecule has 0 unspecified atom stereocenters. The summed E-state index contributed by atoms with van der Waals surface area (Å²) in [5.41, 5.74) is 2.24. The molecule has 3 rings (SSSR count). The predicted octanol–water partition coefficient (Wildman–Crippen LogP) is 3.41. The van der Waals surface area contributed by atoms with Gasteiger partial charge in [-0.15, -0.1) is 0 Å². The monoisotopic (exact) mass is 185 g/mol. The van der Waals surface area contributed by atoms with Crippen molar-refractivity contribution in [1.29, 1.82) is 0 Å². The van der Waals surface area contributed by atoms with Crippen molar-refractivity contribution in [2.45, 2.75) is 13.5 Å². The molecule has 2 nitrogen and oxygen atoms in total. The summed E-state index contributed by atoms with van der Waals surface area (Å²) in [7, 11) is 0. The molecule has 2 aromatic heterocycles. The fourth-order valence-corrected chi connectivity index (χ4v) is 1.92.